The lowest BCUT2D eigenvalue weighted by Gasteiger charge is -2.38. The van der Waals surface area contributed by atoms with Gasteiger partial charge in [0.1, 0.15) is 6.10 Å². The zero-order valence-electron chi connectivity index (χ0n) is 12.4. The minimum Gasteiger partial charge on any atom is -0.463 e. The van der Waals surface area contributed by atoms with Crippen LogP contribution in [0.4, 0.5) is 0 Å². The summed E-state index contributed by atoms with van der Waals surface area (Å²) in [6, 6.07) is 1.80. The lowest BCUT2D eigenvalue weighted by Crippen LogP contribution is -2.56. The summed E-state index contributed by atoms with van der Waals surface area (Å²) in [6.45, 7) is 3.10. The van der Waals surface area contributed by atoms with Crippen molar-refractivity contribution in [3.8, 4) is 5.19 Å². The lowest BCUT2D eigenvalue weighted by atomic mass is 10.1. The largest absolute Gasteiger partial charge is 0.463 e. The van der Waals surface area contributed by atoms with E-state index in [9.17, 15) is 4.79 Å². The number of pyridine rings is 1. The van der Waals surface area contributed by atoms with E-state index in [2.05, 4.69) is 15.1 Å². The van der Waals surface area contributed by atoms with Gasteiger partial charge in [-0.15, -0.1) is 0 Å². The lowest BCUT2D eigenvalue weighted by molar-refractivity contribution is 0.0177. The minimum atomic E-state index is -0.0540. The van der Waals surface area contributed by atoms with E-state index in [1.807, 2.05) is 12.3 Å². The third-order valence-electron chi connectivity index (χ3n) is 3.80. The van der Waals surface area contributed by atoms with Crippen LogP contribution in [0.25, 0.3) is 11.1 Å². The van der Waals surface area contributed by atoms with Crippen molar-refractivity contribution >= 4 is 28.3 Å². The minimum absolute atomic E-state index is 0.00332. The third-order valence-corrected chi connectivity index (χ3v) is 4.46. The maximum absolute atomic E-state index is 12.5. The Morgan fingerprint density at radius 2 is 2.35 bits per heavy atom. The van der Waals surface area contributed by atoms with E-state index in [1.165, 1.54) is 17.5 Å². The van der Waals surface area contributed by atoms with E-state index in [1.54, 1.807) is 17.2 Å². The Labute approximate surface area is 135 Å². The first-order chi connectivity index (χ1) is 11.2. The Morgan fingerprint density at radius 1 is 1.48 bits per heavy atom. The summed E-state index contributed by atoms with van der Waals surface area (Å²) in [5.74, 6) is -0.0540. The Bertz CT molecular complexity index is 840. The number of rotatable bonds is 4. The zero-order chi connectivity index (χ0) is 15.8. The molecule has 1 fully saturated rings. The highest BCUT2D eigenvalue weighted by molar-refractivity contribution is 7.11. The first kappa shape index (κ1) is 14.1. The molecule has 0 bridgehead atoms. The van der Waals surface area contributed by atoms with E-state index >= 15 is 0 Å². The number of carbonyl (C=O) groups excluding carboxylic acids is 1. The third kappa shape index (κ3) is 2.55. The van der Waals surface area contributed by atoms with Crippen molar-refractivity contribution in [3.63, 3.8) is 0 Å². The molecule has 8 heteroatoms. The van der Waals surface area contributed by atoms with Crippen LogP contribution in [0.3, 0.4) is 0 Å². The molecule has 0 spiro atoms. The fourth-order valence-electron chi connectivity index (χ4n) is 2.52. The zero-order valence-corrected chi connectivity index (χ0v) is 13.2. The van der Waals surface area contributed by atoms with Gasteiger partial charge in [-0.1, -0.05) is 23.4 Å². The molecule has 1 aliphatic rings. The van der Waals surface area contributed by atoms with Gasteiger partial charge in [0, 0.05) is 17.8 Å². The molecule has 0 radical (unpaired) electrons. The average Bonchev–Trinajstić information content (AvgIpc) is 3.18. The number of ether oxygens (including phenoxy) is 1. The number of hydrogen-bond donors (Lipinski definition) is 0. The van der Waals surface area contributed by atoms with Crippen LogP contribution in [0.1, 0.15) is 23.0 Å². The van der Waals surface area contributed by atoms with E-state index in [0.29, 0.717) is 29.6 Å². The van der Waals surface area contributed by atoms with Crippen LogP contribution in [0.15, 0.2) is 28.4 Å². The molecule has 0 unspecified atom stereocenters. The molecular weight excluding hydrogens is 316 g/mol. The quantitative estimate of drug-likeness (QED) is 0.729. The van der Waals surface area contributed by atoms with Gasteiger partial charge in [-0.2, -0.15) is 0 Å². The van der Waals surface area contributed by atoms with Gasteiger partial charge in [0.05, 0.1) is 29.7 Å². The Kier molecular flexibility index (Phi) is 3.45. The topological polar surface area (TPSA) is 81.4 Å². The van der Waals surface area contributed by atoms with E-state index in [-0.39, 0.29) is 12.0 Å². The predicted molar refractivity (Wildman–Crippen MR) is 83.6 cm³/mol. The second-order valence-electron chi connectivity index (χ2n) is 5.31. The van der Waals surface area contributed by atoms with Crippen molar-refractivity contribution in [2.75, 3.05) is 13.1 Å². The Morgan fingerprint density at radius 3 is 3.09 bits per heavy atom. The fourth-order valence-corrected chi connectivity index (χ4v) is 3.07. The van der Waals surface area contributed by atoms with Gasteiger partial charge < -0.3 is 14.2 Å². The standard InChI is InChI=1S/C15H14N4O3S/c1-2-12-11-5-9(6-17-13(11)22-18-12)14(20)19-7-10(8-19)21-15-16-3-4-23-15/h3-6,10H,2,7-8H2,1H3. The predicted octanol–water partition coefficient (Wildman–Crippen LogP) is 2.15. The number of hydrogen-bond acceptors (Lipinski definition) is 7. The van der Waals surface area contributed by atoms with Crippen LogP contribution < -0.4 is 4.74 Å². The van der Waals surface area contributed by atoms with Crippen molar-refractivity contribution in [1.82, 2.24) is 20.0 Å². The van der Waals surface area contributed by atoms with Gasteiger partial charge in [0.2, 0.25) is 0 Å². The van der Waals surface area contributed by atoms with Crippen LogP contribution in [-0.4, -0.2) is 45.1 Å². The van der Waals surface area contributed by atoms with Crippen molar-refractivity contribution in [2.24, 2.45) is 0 Å². The molecule has 1 amide bonds. The summed E-state index contributed by atoms with van der Waals surface area (Å²) in [5, 5.41) is 7.26. The number of aromatic nitrogens is 3. The molecule has 0 N–H and O–H groups in total. The summed E-state index contributed by atoms with van der Waals surface area (Å²) in [4.78, 5) is 22.5. The van der Waals surface area contributed by atoms with Crippen molar-refractivity contribution in [3.05, 3.63) is 35.1 Å². The number of carbonyl (C=O) groups is 1. The fraction of sp³-hybridized carbons (Fsp3) is 0.333. The summed E-state index contributed by atoms with van der Waals surface area (Å²) >= 11 is 1.45. The molecule has 1 aliphatic heterocycles. The SMILES string of the molecule is CCc1noc2ncc(C(=O)N3CC(Oc4nccs4)C3)cc12. The molecule has 118 valence electrons. The first-order valence-corrected chi connectivity index (χ1v) is 8.22. The smallest absolute Gasteiger partial charge is 0.273 e. The molecule has 1 saturated heterocycles. The van der Waals surface area contributed by atoms with Crippen molar-refractivity contribution in [2.45, 2.75) is 19.4 Å². The van der Waals surface area contributed by atoms with Crippen molar-refractivity contribution < 1.29 is 14.1 Å². The second-order valence-corrected chi connectivity index (χ2v) is 6.16. The number of likely N-dealkylation sites (tertiary alicyclic amines) is 1. The monoisotopic (exact) mass is 330 g/mol. The van der Waals surface area contributed by atoms with Crippen LogP contribution in [0.2, 0.25) is 0 Å². The van der Waals surface area contributed by atoms with E-state index < -0.39 is 0 Å². The summed E-state index contributed by atoms with van der Waals surface area (Å²) < 4.78 is 10.8. The van der Waals surface area contributed by atoms with Gasteiger partial charge in [-0.25, -0.2) is 9.97 Å². The highest BCUT2D eigenvalue weighted by atomic mass is 32.1. The molecular formula is C15H14N4O3S. The molecule has 3 aromatic heterocycles. The van der Waals surface area contributed by atoms with Gasteiger partial charge in [0.15, 0.2) is 0 Å². The highest BCUT2D eigenvalue weighted by Crippen LogP contribution is 2.23. The number of amides is 1. The maximum Gasteiger partial charge on any atom is 0.273 e. The van der Waals surface area contributed by atoms with Crippen LogP contribution in [-0.2, 0) is 6.42 Å². The van der Waals surface area contributed by atoms with E-state index in [0.717, 1.165) is 17.5 Å². The molecule has 4 rings (SSSR count). The maximum atomic E-state index is 12.5. The second kappa shape index (κ2) is 5.62. The molecule has 0 aliphatic carbocycles. The van der Waals surface area contributed by atoms with Crippen LogP contribution in [0.5, 0.6) is 5.19 Å². The molecule has 4 heterocycles. The first-order valence-electron chi connectivity index (χ1n) is 7.34. The molecule has 0 atom stereocenters. The Balaban J connectivity index is 1.45. The Hall–Kier alpha value is -2.48. The van der Waals surface area contributed by atoms with Gasteiger partial charge >= 0.3 is 0 Å². The summed E-state index contributed by atoms with van der Waals surface area (Å²) in [6.07, 6.45) is 3.97. The van der Waals surface area contributed by atoms with Crippen LogP contribution in [0, 0.1) is 0 Å². The number of aryl methyl sites for hydroxylation is 1. The van der Waals surface area contributed by atoms with Gasteiger partial charge in [-0.05, 0) is 12.5 Å². The average molecular weight is 330 g/mol. The number of fused-ring (bicyclic) bond motifs is 1. The van der Waals surface area contributed by atoms with Gasteiger partial charge in [0.25, 0.3) is 16.8 Å². The highest BCUT2D eigenvalue weighted by Gasteiger charge is 2.33. The number of thiazole rings is 1. The normalized spacial score (nSPS) is 14.9. The molecule has 0 saturated carbocycles. The molecule has 23 heavy (non-hydrogen) atoms. The molecule has 0 aromatic carbocycles. The molecule has 3 aromatic rings. The van der Waals surface area contributed by atoms with Crippen LogP contribution >= 0.6 is 11.3 Å². The van der Waals surface area contributed by atoms with Gasteiger partial charge in [-0.3, -0.25) is 4.79 Å². The molecule has 7 nitrogen and oxygen atoms in total. The number of nitrogens with zero attached hydrogens (tertiary/aromatic N) is 4. The van der Waals surface area contributed by atoms with Crippen molar-refractivity contribution in [1.29, 1.82) is 0 Å². The van der Waals surface area contributed by atoms with E-state index in [4.69, 9.17) is 9.26 Å². The summed E-state index contributed by atoms with van der Waals surface area (Å²) in [7, 11) is 0. The summed E-state index contributed by atoms with van der Waals surface area (Å²) in [5.41, 5.74) is 1.82.